The summed E-state index contributed by atoms with van der Waals surface area (Å²) in [5.41, 5.74) is 1.08. The first-order chi connectivity index (χ1) is 9.77. The number of hydrogen-bond donors (Lipinski definition) is 1. The van der Waals surface area contributed by atoms with Crippen LogP contribution in [0.5, 0.6) is 0 Å². The van der Waals surface area contributed by atoms with E-state index in [0.717, 1.165) is 17.3 Å². The molecule has 0 bridgehead atoms. The van der Waals surface area contributed by atoms with Crippen LogP contribution in [0.2, 0.25) is 0 Å². The van der Waals surface area contributed by atoms with E-state index in [2.05, 4.69) is 14.1 Å². The van der Waals surface area contributed by atoms with Crippen molar-refractivity contribution in [2.24, 2.45) is 0 Å². The predicted molar refractivity (Wildman–Crippen MR) is 73.1 cm³/mol. The Morgan fingerprint density at radius 3 is 2.85 bits per heavy atom. The molecule has 1 unspecified atom stereocenters. The third-order valence-electron chi connectivity index (χ3n) is 3.17. The van der Waals surface area contributed by atoms with Gasteiger partial charge in [0.05, 0.1) is 17.9 Å². The van der Waals surface area contributed by atoms with Crippen molar-refractivity contribution in [1.29, 1.82) is 0 Å². The van der Waals surface area contributed by atoms with Crippen LogP contribution in [0.4, 0.5) is 0 Å². The third kappa shape index (κ3) is 2.27. The molecule has 3 rings (SSSR count). The first-order valence-electron chi connectivity index (χ1n) is 6.18. The standard InChI is InChI=1S/C13H12N4O2S/c18-12-11(9-4-2-1-3-5-9)17(7-6-14-12)13(19)10-8-15-20-16-10/h1-5,8,11H,6-7H2,(H,14,18). The van der Waals surface area contributed by atoms with Crippen LogP contribution in [0, 0.1) is 0 Å². The molecule has 102 valence electrons. The molecule has 0 saturated carbocycles. The molecule has 1 atom stereocenters. The molecule has 1 aliphatic heterocycles. The second-order valence-corrected chi connectivity index (χ2v) is 4.95. The van der Waals surface area contributed by atoms with Crippen molar-refractivity contribution in [3.05, 3.63) is 47.8 Å². The lowest BCUT2D eigenvalue weighted by molar-refractivity contribution is -0.128. The molecule has 20 heavy (non-hydrogen) atoms. The topological polar surface area (TPSA) is 75.2 Å². The minimum absolute atomic E-state index is 0.168. The number of benzene rings is 1. The summed E-state index contributed by atoms with van der Waals surface area (Å²) in [4.78, 5) is 26.1. The van der Waals surface area contributed by atoms with Crippen LogP contribution < -0.4 is 5.32 Å². The van der Waals surface area contributed by atoms with Gasteiger partial charge in [-0.15, -0.1) is 0 Å². The second kappa shape index (κ2) is 5.38. The SMILES string of the molecule is O=C1NCCN(C(=O)c2cnsn2)C1c1ccccc1. The Balaban J connectivity index is 1.95. The number of hydrogen-bond acceptors (Lipinski definition) is 5. The van der Waals surface area contributed by atoms with E-state index in [9.17, 15) is 9.59 Å². The van der Waals surface area contributed by atoms with Gasteiger partial charge in [-0.2, -0.15) is 8.75 Å². The zero-order valence-corrected chi connectivity index (χ0v) is 11.3. The highest BCUT2D eigenvalue weighted by atomic mass is 32.1. The van der Waals surface area contributed by atoms with Crippen molar-refractivity contribution in [1.82, 2.24) is 19.0 Å². The zero-order chi connectivity index (χ0) is 13.9. The van der Waals surface area contributed by atoms with Gasteiger partial charge in [0.15, 0.2) is 5.69 Å². The Hall–Kier alpha value is -2.28. The second-order valence-electron chi connectivity index (χ2n) is 4.40. The van der Waals surface area contributed by atoms with E-state index in [1.165, 1.54) is 6.20 Å². The summed E-state index contributed by atoms with van der Waals surface area (Å²) in [5, 5.41) is 2.79. The van der Waals surface area contributed by atoms with Gasteiger partial charge < -0.3 is 10.2 Å². The predicted octanol–water partition coefficient (Wildman–Crippen LogP) is 0.851. The monoisotopic (exact) mass is 288 g/mol. The molecule has 1 N–H and O–H groups in total. The summed E-state index contributed by atoms with van der Waals surface area (Å²) < 4.78 is 7.79. The molecule has 0 radical (unpaired) electrons. The number of aromatic nitrogens is 2. The van der Waals surface area contributed by atoms with Gasteiger partial charge in [0.1, 0.15) is 6.04 Å². The molecule has 7 heteroatoms. The van der Waals surface area contributed by atoms with E-state index < -0.39 is 6.04 Å². The smallest absolute Gasteiger partial charge is 0.276 e. The molecule has 2 heterocycles. The molecule has 1 aromatic heterocycles. The lowest BCUT2D eigenvalue weighted by atomic mass is 10.0. The fraction of sp³-hybridized carbons (Fsp3) is 0.231. The molecule has 2 aromatic rings. The van der Waals surface area contributed by atoms with Crippen molar-refractivity contribution in [2.75, 3.05) is 13.1 Å². The number of nitrogens with one attached hydrogen (secondary N) is 1. The fourth-order valence-corrected chi connectivity index (χ4v) is 2.67. The Bertz CT molecular complexity index is 615. The summed E-state index contributed by atoms with van der Waals surface area (Å²) >= 11 is 0.982. The van der Waals surface area contributed by atoms with E-state index in [1.807, 2.05) is 30.3 Å². The summed E-state index contributed by atoms with van der Waals surface area (Å²) in [5.74, 6) is -0.429. The van der Waals surface area contributed by atoms with Crippen LogP contribution in [0.15, 0.2) is 36.5 Å². The maximum atomic E-state index is 12.4. The number of amides is 2. The molecule has 0 aliphatic carbocycles. The van der Waals surface area contributed by atoms with E-state index in [-0.39, 0.29) is 17.5 Å². The van der Waals surface area contributed by atoms with Crippen LogP contribution in [0.25, 0.3) is 0 Å². The van der Waals surface area contributed by atoms with E-state index in [0.29, 0.717) is 13.1 Å². The van der Waals surface area contributed by atoms with Crippen molar-refractivity contribution in [3.63, 3.8) is 0 Å². The Morgan fingerprint density at radius 2 is 2.15 bits per heavy atom. The van der Waals surface area contributed by atoms with Crippen molar-refractivity contribution >= 4 is 23.5 Å². The van der Waals surface area contributed by atoms with Crippen LogP contribution in [-0.2, 0) is 4.79 Å². The summed E-state index contributed by atoms with van der Waals surface area (Å²) in [7, 11) is 0. The molecule has 1 aliphatic rings. The van der Waals surface area contributed by atoms with Gasteiger partial charge in [-0.1, -0.05) is 30.3 Å². The molecule has 2 amide bonds. The maximum Gasteiger partial charge on any atom is 0.276 e. The van der Waals surface area contributed by atoms with Crippen molar-refractivity contribution in [2.45, 2.75) is 6.04 Å². The first-order valence-corrected chi connectivity index (χ1v) is 6.91. The van der Waals surface area contributed by atoms with Crippen LogP contribution in [0.1, 0.15) is 22.1 Å². The summed E-state index contributed by atoms with van der Waals surface area (Å²) in [6.07, 6.45) is 1.43. The third-order valence-corrected chi connectivity index (χ3v) is 3.65. The highest BCUT2D eigenvalue weighted by molar-refractivity contribution is 6.99. The number of piperazine rings is 1. The largest absolute Gasteiger partial charge is 0.352 e. The fourth-order valence-electron chi connectivity index (χ4n) is 2.26. The molecule has 1 saturated heterocycles. The summed E-state index contributed by atoms with van der Waals surface area (Å²) in [6.45, 7) is 0.910. The lowest BCUT2D eigenvalue weighted by Crippen LogP contribution is -2.52. The molecule has 1 aromatic carbocycles. The van der Waals surface area contributed by atoms with E-state index in [4.69, 9.17) is 0 Å². The quantitative estimate of drug-likeness (QED) is 0.889. The average Bonchev–Trinajstić information content (AvgIpc) is 3.01. The van der Waals surface area contributed by atoms with Gasteiger partial charge in [0.25, 0.3) is 5.91 Å². The first kappa shape index (κ1) is 12.7. The van der Waals surface area contributed by atoms with Gasteiger partial charge in [0, 0.05) is 13.1 Å². The number of carbonyl (C=O) groups excluding carboxylic acids is 2. The zero-order valence-electron chi connectivity index (χ0n) is 10.5. The Labute approximate surface area is 119 Å². The van der Waals surface area contributed by atoms with Crippen LogP contribution in [-0.4, -0.2) is 38.6 Å². The van der Waals surface area contributed by atoms with Gasteiger partial charge in [0.2, 0.25) is 5.91 Å². The van der Waals surface area contributed by atoms with Gasteiger partial charge in [-0.25, -0.2) is 0 Å². The van der Waals surface area contributed by atoms with Crippen molar-refractivity contribution in [3.8, 4) is 0 Å². The average molecular weight is 288 g/mol. The van der Waals surface area contributed by atoms with Gasteiger partial charge in [-0.3, -0.25) is 9.59 Å². The molecule has 1 fully saturated rings. The number of rotatable bonds is 2. The molecule has 0 spiro atoms. The highest BCUT2D eigenvalue weighted by Gasteiger charge is 2.35. The van der Waals surface area contributed by atoms with Crippen LogP contribution in [0.3, 0.4) is 0 Å². The van der Waals surface area contributed by atoms with Crippen molar-refractivity contribution < 1.29 is 9.59 Å². The lowest BCUT2D eigenvalue weighted by Gasteiger charge is -2.34. The number of carbonyl (C=O) groups is 2. The van der Waals surface area contributed by atoms with Gasteiger partial charge in [-0.05, 0) is 5.56 Å². The Morgan fingerprint density at radius 1 is 1.35 bits per heavy atom. The minimum atomic E-state index is -0.612. The van der Waals surface area contributed by atoms with E-state index in [1.54, 1.807) is 4.90 Å². The Kier molecular flexibility index (Phi) is 3.42. The maximum absolute atomic E-state index is 12.4. The van der Waals surface area contributed by atoms with Crippen LogP contribution >= 0.6 is 11.7 Å². The van der Waals surface area contributed by atoms with E-state index >= 15 is 0 Å². The molecular weight excluding hydrogens is 276 g/mol. The highest BCUT2D eigenvalue weighted by Crippen LogP contribution is 2.24. The van der Waals surface area contributed by atoms with Gasteiger partial charge >= 0.3 is 0 Å². The minimum Gasteiger partial charge on any atom is -0.352 e. The molecule has 6 nitrogen and oxygen atoms in total. The molecular formula is C13H12N4O2S. The summed E-state index contributed by atoms with van der Waals surface area (Å²) in [6, 6.07) is 8.65. The normalized spacial score (nSPS) is 18.7. The number of nitrogens with zero attached hydrogens (tertiary/aromatic N) is 3.